The topological polar surface area (TPSA) is 105 Å². The average Bonchev–Trinajstić information content (AvgIpc) is 2.72. The van der Waals surface area contributed by atoms with Crippen molar-refractivity contribution in [3.05, 3.63) is 24.0 Å². The number of nitrogens with two attached hydrogens (primary N) is 1. The smallest absolute Gasteiger partial charge is 0.311 e. The van der Waals surface area contributed by atoms with Gasteiger partial charge in [0.2, 0.25) is 0 Å². The number of rotatable bonds is 5. The summed E-state index contributed by atoms with van der Waals surface area (Å²) >= 11 is 0. The molecule has 21 heavy (non-hydrogen) atoms. The Morgan fingerprint density at radius 2 is 1.95 bits per heavy atom. The molecule has 0 saturated heterocycles. The summed E-state index contributed by atoms with van der Waals surface area (Å²) in [6.45, 7) is 0.352. The van der Waals surface area contributed by atoms with Crippen molar-refractivity contribution >= 4 is 17.6 Å². The van der Waals surface area contributed by atoms with Crippen LogP contribution in [0, 0.1) is 5.41 Å². The third-order valence-corrected chi connectivity index (χ3v) is 4.16. The first kappa shape index (κ1) is 15.3. The molecule has 0 aromatic carbocycles. The van der Waals surface area contributed by atoms with Crippen molar-refractivity contribution in [2.24, 2.45) is 11.1 Å². The molecule has 0 aliphatic heterocycles. The van der Waals surface area contributed by atoms with Gasteiger partial charge in [-0.25, -0.2) is 0 Å². The second-order valence-corrected chi connectivity index (χ2v) is 5.65. The van der Waals surface area contributed by atoms with Gasteiger partial charge in [0, 0.05) is 18.4 Å². The monoisotopic (exact) mass is 291 g/mol. The van der Waals surface area contributed by atoms with Crippen molar-refractivity contribution in [3.63, 3.8) is 0 Å². The van der Waals surface area contributed by atoms with Crippen LogP contribution < -0.4 is 11.1 Å². The Bertz CT molecular complexity index is 523. The van der Waals surface area contributed by atoms with Crippen LogP contribution in [0.4, 0.5) is 5.69 Å². The lowest BCUT2D eigenvalue weighted by atomic mass is 9.80. The van der Waals surface area contributed by atoms with Crippen molar-refractivity contribution in [2.45, 2.75) is 38.5 Å². The third kappa shape index (κ3) is 3.71. The van der Waals surface area contributed by atoms with E-state index in [1.54, 1.807) is 12.1 Å². The second-order valence-electron chi connectivity index (χ2n) is 5.65. The van der Waals surface area contributed by atoms with Crippen LogP contribution in [0.25, 0.3) is 0 Å². The van der Waals surface area contributed by atoms with E-state index in [4.69, 9.17) is 5.73 Å². The quantitative estimate of drug-likeness (QED) is 0.720. The molecule has 6 nitrogen and oxygen atoms in total. The molecule has 0 spiro atoms. The number of amides is 1. The molecule has 1 fully saturated rings. The Balaban J connectivity index is 2.09. The van der Waals surface area contributed by atoms with Gasteiger partial charge in [0.25, 0.3) is 5.91 Å². The number of carbonyl (C=O) groups is 2. The molecule has 1 saturated carbocycles. The number of aromatic nitrogens is 1. The first-order chi connectivity index (χ1) is 10.0. The van der Waals surface area contributed by atoms with Crippen molar-refractivity contribution in [3.8, 4) is 0 Å². The highest BCUT2D eigenvalue weighted by Gasteiger charge is 2.38. The molecule has 1 amide bonds. The number of hydrogen-bond acceptors (Lipinski definition) is 4. The number of nitrogens with zero attached hydrogens (tertiary/aromatic N) is 1. The Morgan fingerprint density at radius 3 is 2.52 bits per heavy atom. The van der Waals surface area contributed by atoms with Gasteiger partial charge in [0.15, 0.2) is 0 Å². The van der Waals surface area contributed by atoms with Crippen molar-refractivity contribution in [1.29, 1.82) is 0 Å². The summed E-state index contributed by atoms with van der Waals surface area (Å²) in [6, 6.07) is 3.26. The number of anilines is 1. The van der Waals surface area contributed by atoms with Crippen molar-refractivity contribution in [1.82, 2.24) is 4.98 Å². The van der Waals surface area contributed by atoms with Crippen LogP contribution in [0.2, 0.25) is 0 Å². The van der Waals surface area contributed by atoms with Gasteiger partial charge in [-0.3, -0.25) is 14.6 Å². The summed E-state index contributed by atoms with van der Waals surface area (Å²) in [4.78, 5) is 26.7. The number of carboxylic acid groups (broad SMARTS) is 1. The Kier molecular flexibility index (Phi) is 4.77. The number of carbonyl (C=O) groups excluding carboxylic acids is 1. The van der Waals surface area contributed by atoms with Gasteiger partial charge in [-0.15, -0.1) is 0 Å². The minimum atomic E-state index is -0.749. The van der Waals surface area contributed by atoms with Gasteiger partial charge in [-0.1, -0.05) is 25.7 Å². The minimum Gasteiger partial charge on any atom is -0.481 e. The van der Waals surface area contributed by atoms with E-state index in [2.05, 4.69) is 10.3 Å². The molecule has 1 aromatic rings. The van der Waals surface area contributed by atoms with Crippen LogP contribution in [-0.4, -0.2) is 28.5 Å². The number of aliphatic carboxylic acids is 1. The lowest BCUT2D eigenvalue weighted by Gasteiger charge is -2.28. The maximum absolute atomic E-state index is 11.7. The number of carboxylic acids is 1. The summed E-state index contributed by atoms with van der Waals surface area (Å²) in [6.07, 6.45) is 6.93. The minimum absolute atomic E-state index is 0.172. The van der Waals surface area contributed by atoms with Crippen LogP contribution >= 0.6 is 0 Å². The van der Waals surface area contributed by atoms with E-state index in [1.807, 2.05) is 0 Å². The fraction of sp³-hybridized carbons (Fsp3) is 0.533. The molecule has 6 heteroatoms. The second kappa shape index (κ2) is 6.56. The van der Waals surface area contributed by atoms with Crippen LogP contribution in [0.5, 0.6) is 0 Å². The number of nitrogens with one attached hydrogen (secondary N) is 1. The highest BCUT2D eigenvalue weighted by atomic mass is 16.4. The number of hydrogen-bond donors (Lipinski definition) is 3. The highest BCUT2D eigenvalue weighted by molar-refractivity contribution is 5.91. The van der Waals surface area contributed by atoms with E-state index in [1.165, 1.54) is 6.20 Å². The molecule has 4 N–H and O–H groups in total. The van der Waals surface area contributed by atoms with E-state index in [-0.39, 0.29) is 5.69 Å². The zero-order chi connectivity index (χ0) is 15.3. The van der Waals surface area contributed by atoms with E-state index in [9.17, 15) is 14.7 Å². The summed E-state index contributed by atoms with van der Waals surface area (Å²) in [5, 5.41) is 12.7. The van der Waals surface area contributed by atoms with Gasteiger partial charge in [-0.05, 0) is 25.0 Å². The largest absolute Gasteiger partial charge is 0.481 e. The zero-order valence-electron chi connectivity index (χ0n) is 12.0. The summed E-state index contributed by atoms with van der Waals surface area (Å²) in [7, 11) is 0. The van der Waals surface area contributed by atoms with Gasteiger partial charge < -0.3 is 16.2 Å². The molecule has 0 bridgehead atoms. The fourth-order valence-electron chi connectivity index (χ4n) is 2.82. The molecule has 0 atom stereocenters. The van der Waals surface area contributed by atoms with Crippen LogP contribution in [0.15, 0.2) is 18.3 Å². The Morgan fingerprint density at radius 1 is 1.29 bits per heavy atom. The van der Waals surface area contributed by atoms with Crippen LogP contribution in [-0.2, 0) is 4.79 Å². The third-order valence-electron chi connectivity index (χ3n) is 4.16. The Labute approximate surface area is 123 Å². The Hall–Kier alpha value is -2.11. The maximum atomic E-state index is 11.7. The van der Waals surface area contributed by atoms with Gasteiger partial charge >= 0.3 is 5.97 Å². The molecule has 1 heterocycles. The summed E-state index contributed by atoms with van der Waals surface area (Å²) in [5.41, 5.74) is 5.31. The van der Waals surface area contributed by atoms with Crippen LogP contribution in [0.1, 0.15) is 49.0 Å². The maximum Gasteiger partial charge on any atom is 0.311 e. The lowest BCUT2D eigenvalue weighted by molar-refractivity contribution is -0.149. The molecular formula is C15H21N3O3. The first-order valence-electron chi connectivity index (χ1n) is 7.27. The molecule has 114 valence electrons. The van der Waals surface area contributed by atoms with Gasteiger partial charge in [0.05, 0.1) is 5.41 Å². The van der Waals surface area contributed by atoms with Crippen LogP contribution in [0.3, 0.4) is 0 Å². The molecule has 1 aromatic heterocycles. The zero-order valence-corrected chi connectivity index (χ0v) is 12.0. The SMILES string of the molecule is NC(=O)c1cc(NCC2(C(=O)O)CCCCCC2)ccn1. The lowest BCUT2D eigenvalue weighted by Crippen LogP contribution is -2.37. The normalized spacial score (nSPS) is 17.7. The number of pyridine rings is 1. The number of primary amides is 1. The molecular weight excluding hydrogens is 270 g/mol. The average molecular weight is 291 g/mol. The first-order valence-corrected chi connectivity index (χ1v) is 7.27. The van der Waals surface area contributed by atoms with E-state index in [0.717, 1.165) is 25.7 Å². The molecule has 1 aliphatic carbocycles. The molecule has 0 radical (unpaired) electrons. The van der Waals surface area contributed by atoms with Gasteiger partial charge in [0.1, 0.15) is 5.69 Å². The molecule has 2 rings (SSSR count). The molecule has 0 unspecified atom stereocenters. The highest BCUT2D eigenvalue weighted by Crippen LogP contribution is 2.35. The standard InChI is InChI=1S/C15H21N3O3/c16-13(19)12-9-11(5-8-17-12)18-10-15(14(20)21)6-3-1-2-4-7-15/h5,8-9H,1-4,6-7,10H2,(H2,16,19)(H,17,18)(H,20,21). The fourth-order valence-corrected chi connectivity index (χ4v) is 2.82. The summed E-state index contributed by atoms with van der Waals surface area (Å²) < 4.78 is 0. The van der Waals surface area contributed by atoms with E-state index >= 15 is 0 Å². The predicted octanol–water partition coefficient (Wildman–Crippen LogP) is 2.02. The summed E-state index contributed by atoms with van der Waals surface area (Å²) in [5.74, 6) is -1.35. The van der Waals surface area contributed by atoms with Crippen molar-refractivity contribution < 1.29 is 14.7 Å². The van der Waals surface area contributed by atoms with E-state index in [0.29, 0.717) is 25.1 Å². The molecule has 1 aliphatic rings. The predicted molar refractivity (Wildman–Crippen MR) is 79.0 cm³/mol. The van der Waals surface area contributed by atoms with Gasteiger partial charge in [-0.2, -0.15) is 0 Å². The van der Waals surface area contributed by atoms with Crippen molar-refractivity contribution in [2.75, 3.05) is 11.9 Å². The van der Waals surface area contributed by atoms with E-state index < -0.39 is 17.3 Å².